The second-order valence-corrected chi connectivity index (χ2v) is 5.97. The van der Waals surface area contributed by atoms with Gasteiger partial charge in [0.1, 0.15) is 0 Å². The zero-order valence-corrected chi connectivity index (χ0v) is 13.3. The molecule has 0 fully saturated rings. The molecule has 0 saturated heterocycles. The van der Waals surface area contributed by atoms with E-state index in [4.69, 9.17) is 4.74 Å². The molecule has 0 bridgehead atoms. The normalized spacial score (nSPS) is 10.9. The maximum absolute atomic E-state index is 5.06. The highest BCUT2D eigenvalue weighted by Crippen LogP contribution is 2.25. The van der Waals surface area contributed by atoms with Crippen LogP contribution in [-0.2, 0) is 11.3 Å². The van der Waals surface area contributed by atoms with Crippen molar-refractivity contribution in [2.75, 3.05) is 26.0 Å². The van der Waals surface area contributed by atoms with Crippen molar-refractivity contribution in [2.45, 2.75) is 44.6 Å². The van der Waals surface area contributed by atoms with Gasteiger partial charge in [0.15, 0.2) is 0 Å². The smallest absolute Gasteiger partial charge is 0.0587 e. The molecule has 1 aromatic carbocycles. The Morgan fingerprint density at radius 2 is 2.11 bits per heavy atom. The van der Waals surface area contributed by atoms with E-state index in [1.54, 1.807) is 7.11 Å². The lowest BCUT2D eigenvalue weighted by atomic mass is 10.1. The summed E-state index contributed by atoms with van der Waals surface area (Å²) in [6.45, 7) is 7.02. The number of unbranched alkanes of at least 4 members (excludes halogenated alkanes) is 2. The molecular formula is C16H27NOS. The Labute approximate surface area is 122 Å². The van der Waals surface area contributed by atoms with Crippen molar-refractivity contribution in [1.29, 1.82) is 0 Å². The first kappa shape index (κ1) is 16.5. The third kappa shape index (κ3) is 7.00. The second-order valence-electron chi connectivity index (χ2n) is 4.84. The summed E-state index contributed by atoms with van der Waals surface area (Å²) in [5.41, 5.74) is 2.75. The molecule has 0 aliphatic heterocycles. The van der Waals surface area contributed by atoms with Crippen molar-refractivity contribution in [2.24, 2.45) is 0 Å². The molecule has 19 heavy (non-hydrogen) atoms. The van der Waals surface area contributed by atoms with E-state index >= 15 is 0 Å². The van der Waals surface area contributed by atoms with Gasteiger partial charge in [-0.15, -0.1) is 11.8 Å². The van der Waals surface area contributed by atoms with Gasteiger partial charge in [0, 0.05) is 25.1 Å². The predicted octanol–water partition coefficient (Wildman–Crippen LogP) is 4.01. The summed E-state index contributed by atoms with van der Waals surface area (Å²) in [7, 11) is 1.74. The first-order valence-electron chi connectivity index (χ1n) is 7.20. The van der Waals surface area contributed by atoms with Crippen LogP contribution in [0.4, 0.5) is 0 Å². The van der Waals surface area contributed by atoms with Gasteiger partial charge in [-0.1, -0.05) is 37.5 Å². The molecule has 0 atom stereocenters. The summed E-state index contributed by atoms with van der Waals surface area (Å²) < 4.78 is 5.06. The van der Waals surface area contributed by atoms with E-state index < -0.39 is 0 Å². The third-order valence-electron chi connectivity index (χ3n) is 3.02. The van der Waals surface area contributed by atoms with Crippen LogP contribution in [0, 0.1) is 6.92 Å². The molecular weight excluding hydrogens is 254 g/mol. The summed E-state index contributed by atoms with van der Waals surface area (Å²) in [5.74, 6) is 1.22. The summed E-state index contributed by atoms with van der Waals surface area (Å²) >= 11 is 1.99. The Kier molecular flexibility index (Phi) is 8.97. The van der Waals surface area contributed by atoms with Gasteiger partial charge in [0.25, 0.3) is 0 Å². The average Bonchev–Trinajstić information content (AvgIpc) is 2.41. The van der Waals surface area contributed by atoms with E-state index in [9.17, 15) is 0 Å². The molecule has 0 spiro atoms. The zero-order chi connectivity index (χ0) is 13.9. The van der Waals surface area contributed by atoms with Gasteiger partial charge in [0.2, 0.25) is 0 Å². The van der Waals surface area contributed by atoms with Gasteiger partial charge >= 0.3 is 0 Å². The first-order valence-corrected chi connectivity index (χ1v) is 8.18. The molecule has 0 unspecified atom stereocenters. The number of hydrogen-bond acceptors (Lipinski definition) is 3. The topological polar surface area (TPSA) is 21.3 Å². The Morgan fingerprint density at radius 1 is 1.26 bits per heavy atom. The summed E-state index contributed by atoms with van der Waals surface area (Å²) in [6, 6.07) is 6.77. The van der Waals surface area contributed by atoms with Crippen LogP contribution in [0.3, 0.4) is 0 Å². The molecule has 0 amide bonds. The van der Waals surface area contributed by atoms with Gasteiger partial charge in [-0.25, -0.2) is 0 Å². The quantitative estimate of drug-likeness (QED) is 0.517. The van der Waals surface area contributed by atoms with Crippen LogP contribution in [0.5, 0.6) is 0 Å². The molecule has 1 N–H and O–H groups in total. The molecule has 1 aromatic rings. The Balaban J connectivity index is 2.48. The summed E-state index contributed by atoms with van der Waals surface area (Å²) in [6.07, 6.45) is 3.94. The molecule has 0 aliphatic rings. The molecule has 0 aliphatic carbocycles. The van der Waals surface area contributed by atoms with Crippen molar-refractivity contribution in [3.8, 4) is 0 Å². The van der Waals surface area contributed by atoms with Crippen LogP contribution in [0.1, 0.15) is 37.3 Å². The molecule has 0 aromatic heterocycles. The van der Waals surface area contributed by atoms with Gasteiger partial charge in [0.05, 0.1) is 6.61 Å². The van der Waals surface area contributed by atoms with Crippen molar-refractivity contribution in [3.05, 3.63) is 29.3 Å². The fourth-order valence-electron chi connectivity index (χ4n) is 1.92. The van der Waals surface area contributed by atoms with Crippen molar-refractivity contribution >= 4 is 11.8 Å². The maximum Gasteiger partial charge on any atom is 0.0587 e. The molecule has 0 saturated carbocycles. The fourth-order valence-corrected chi connectivity index (χ4v) is 2.97. The van der Waals surface area contributed by atoms with E-state index in [-0.39, 0.29) is 0 Å². The highest BCUT2D eigenvalue weighted by Gasteiger charge is 2.03. The van der Waals surface area contributed by atoms with Crippen LogP contribution in [0.15, 0.2) is 23.1 Å². The van der Waals surface area contributed by atoms with Gasteiger partial charge in [-0.2, -0.15) is 0 Å². The van der Waals surface area contributed by atoms with Crippen molar-refractivity contribution in [1.82, 2.24) is 5.32 Å². The molecule has 0 heterocycles. The molecule has 2 nitrogen and oxygen atoms in total. The number of benzene rings is 1. The number of hydrogen-bond donors (Lipinski definition) is 1. The highest BCUT2D eigenvalue weighted by molar-refractivity contribution is 7.99. The van der Waals surface area contributed by atoms with Crippen molar-refractivity contribution in [3.63, 3.8) is 0 Å². The minimum atomic E-state index is 0.769. The summed E-state index contributed by atoms with van der Waals surface area (Å²) in [4.78, 5) is 1.42. The Morgan fingerprint density at radius 3 is 2.84 bits per heavy atom. The molecule has 3 heteroatoms. The van der Waals surface area contributed by atoms with E-state index in [0.717, 1.165) is 19.7 Å². The van der Waals surface area contributed by atoms with E-state index in [2.05, 4.69) is 37.4 Å². The number of nitrogens with one attached hydrogen (secondary N) is 1. The standard InChI is InChI=1S/C16H27NOS/c1-4-5-6-11-19-16-8-7-14(2)12-15(16)13-17-9-10-18-3/h7-8,12,17H,4-6,9-11,13H2,1-3H3. The second kappa shape index (κ2) is 10.3. The largest absolute Gasteiger partial charge is 0.383 e. The van der Waals surface area contributed by atoms with E-state index in [0.29, 0.717) is 0 Å². The van der Waals surface area contributed by atoms with Crippen LogP contribution in [0.2, 0.25) is 0 Å². The Bertz CT molecular complexity index is 355. The molecule has 108 valence electrons. The zero-order valence-electron chi connectivity index (χ0n) is 12.5. The molecule has 1 rings (SSSR count). The lowest BCUT2D eigenvalue weighted by molar-refractivity contribution is 0.199. The number of rotatable bonds is 10. The van der Waals surface area contributed by atoms with Gasteiger partial charge < -0.3 is 10.1 Å². The number of aryl methyl sites for hydroxylation is 1. The average molecular weight is 281 g/mol. The number of ether oxygens (including phenoxy) is 1. The fraction of sp³-hybridized carbons (Fsp3) is 0.625. The summed E-state index contributed by atoms with van der Waals surface area (Å²) in [5, 5.41) is 3.43. The Hall–Kier alpha value is -0.510. The highest BCUT2D eigenvalue weighted by atomic mass is 32.2. The predicted molar refractivity (Wildman–Crippen MR) is 85.0 cm³/mol. The minimum Gasteiger partial charge on any atom is -0.383 e. The van der Waals surface area contributed by atoms with Crippen LogP contribution >= 0.6 is 11.8 Å². The van der Waals surface area contributed by atoms with Crippen LogP contribution in [0.25, 0.3) is 0 Å². The van der Waals surface area contributed by atoms with E-state index in [1.165, 1.54) is 41.0 Å². The number of methoxy groups -OCH3 is 1. The van der Waals surface area contributed by atoms with Gasteiger partial charge in [-0.05, 0) is 30.7 Å². The number of thioether (sulfide) groups is 1. The lowest BCUT2D eigenvalue weighted by Crippen LogP contribution is -2.19. The maximum atomic E-state index is 5.06. The SMILES string of the molecule is CCCCCSc1ccc(C)cc1CNCCOC. The van der Waals surface area contributed by atoms with Crippen LogP contribution in [-0.4, -0.2) is 26.0 Å². The first-order chi connectivity index (χ1) is 9.27. The molecule has 0 radical (unpaired) electrons. The van der Waals surface area contributed by atoms with Crippen LogP contribution < -0.4 is 5.32 Å². The third-order valence-corrected chi connectivity index (χ3v) is 4.22. The van der Waals surface area contributed by atoms with Gasteiger partial charge in [-0.3, -0.25) is 0 Å². The monoisotopic (exact) mass is 281 g/mol. The lowest BCUT2D eigenvalue weighted by Gasteiger charge is -2.11. The van der Waals surface area contributed by atoms with Crippen molar-refractivity contribution < 1.29 is 4.74 Å². The van der Waals surface area contributed by atoms with E-state index in [1.807, 2.05) is 11.8 Å². The minimum absolute atomic E-state index is 0.769.